The van der Waals surface area contributed by atoms with Crippen LogP contribution in [0, 0.1) is 5.92 Å². The lowest BCUT2D eigenvalue weighted by Crippen LogP contribution is -2.39. The zero-order valence-electron chi connectivity index (χ0n) is 17.7. The van der Waals surface area contributed by atoms with Gasteiger partial charge in [0.25, 0.3) is 0 Å². The van der Waals surface area contributed by atoms with Gasteiger partial charge in [-0.15, -0.1) is 11.3 Å². The quantitative estimate of drug-likeness (QED) is 0.539. The van der Waals surface area contributed by atoms with Gasteiger partial charge in [0.05, 0.1) is 11.4 Å². The van der Waals surface area contributed by atoms with E-state index in [4.69, 9.17) is 0 Å². The van der Waals surface area contributed by atoms with Gasteiger partial charge in [-0.3, -0.25) is 14.5 Å². The number of carbonyl (C=O) groups excluding carboxylic acids is 2. The molecule has 2 heterocycles. The summed E-state index contributed by atoms with van der Waals surface area (Å²) in [5, 5.41) is 5.62. The van der Waals surface area contributed by atoms with Crippen LogP contribution < -0.4 is 10.2 Å². The number of allylic oxidation sites excluding steroid dienone is 1. The van der Waals surface area contributed by atoms with E-state index in [9.17, 15) is 9.59 Å². The van der Waals surface area contributed by atoms with Gasteiger partial charge in [0.15, 0.2) is 5.78 Å². The van der Waals surface area contributed by atoms with Crippen molar-refractivity contribution in [2.45, 2.75) is 37.6 Å². The van der Waals surface area contributed by atoms with Crippen LogP contribution in [0.25, 0.3) is 0 Å². The van der Waals surface area contributed by atoms with Crippen LogP contribution in [0.4, 0.5) is 11.4 Å². The predicted molar refractivity (Wildman–Crippen MR) is 128 cm³/mol. The number of hydrogen-bond acceptors (Lipinski definition) is 4. The number of para-hydroxylation sites is 2. The predicted octanol–water partition coefficient (Wildman–Crippen LogP) is 6.06. The number of benzene rings is 2. The van der Waals surface area contributed by atoms with E-state index in [0.29, 0.717) is 6.42 Å². The number of carbonyl (C=O) groups is 2. The van der Waals surface area contributed by atoms with Crippen LogP contribution in [-0.4, -0.2) is 11.7 Å². The van der Waals surface area contributed by atoms with Gasteiger partial charge in [-0.25, -0.2) is 0 Å². The molecule has 0 radical (unpaired) electrons. The van der Waals surface area contributed by atoms with Crippen molar-refractivity contribution in [3.05, 3.63) is 93.8 Å². The summed E-state index contributed by atoms with van der Waals surface area (Å²) in [4.78, 5) is 30.3. The highest BCUT2D eigenvalue weighted by Gasteiger charge is 2.45. The fourth-order valence-corrected chi connectivity index (χ4v) is 5.86. The second-order valence-electron chi connectivity index (χ2n) is 8.87. The molecular formula is C27H24N2O2S. The minimum absolute atomic E-state index is 0.0587. The van der Waals surface area contributed by atoms with Crippen molar-refractivity contribution < 1.29 is 9.59 Å². The van der Waals surface area contributed by atoms with E-state index in [0.717, 1.165) is 46.8 Å². The van der Waals surface area contributed by atoms with Crippen molar-refractivity contribution in [1.82, 2.24) is 0 Å². The van der Waals surface area contributed by atoms with E-state index in [1.54, 1.807) is 11.3 Å². The first-order valence-electron chi connectivity index (χ1n) is 11.2. The molecular weight excluding hydrogens is 416 g/mol. The van der Waals surface area contributed by atoms with Crippen LogP contribution in [0.1, 0.15) is 48.1 Å². The monoisotopic (exact) mass is 440 g/mol. The molecule has 2 atom stereocenters. The molecule has 1 fully saturated rings. The van der Waals surface area contributed by atoms with E-state index in [1.165, 1.54) is 5.56 Å². The molecule has 1 saturated carbocycles. The van der Waals surface area contributed by atoms with E-state index >= 15 is 0 Å². The molecule has 0 spiro atoms. The molecule has 0 unspecified atom stereocenters. The molecule has 1 aromatic heterocycles. The Hall–Kier alpha value is -3.18. The SMILES string of the molecule is O=C1C[C@H](c2ccccc2)CC2=C1[C@H](c1cccs1)N(C(=O)C1CC1)c1ccccc1N2. The lowest BCUT2D eigenvalue weighted by molar-refractivity contribution is -0.120. The number of fused-ring (bicyclic) bond motifs is 1. The van der Waals surface area contributed by atoms with Crippen LogP contribution in [0.15, 0.2) is 83.4 Å². The zero-order valence-corrected chi connectivity index (χ0v) is 18.5. The fourth-order valence-electron chi connectivity index (χ4n) is 5.04. The molecule has 0 saturated heterocycles. The molecule has 2 aliphatic carbocycles. The highest BCUT2D eigenvalue weighted by molar-refractivity contribution is 7.10. The van der Waals surface area contributed by atoms with Crippen LogP contribution >= 0.6 is 11.3 Å². The normalized spacial score (nSPS) is 22.6. The highest BCUT2D eigenvalue weighted by Crippen LogP contribution is 2.49. The van der Waals surface area contributed by atoms with Gasteiger partial charge in [0, 0.05) is 28.5 Å². The number of rotatable bonds is 3. The number of ketones is 1. The lowest BCUT2D eigenvalue weighted by atomic mass is 9.79. The summed E-state index contributed by atoms with van der Waals surface area (Å²) < 4.78 is 0. The first kappa shape index (κ1) is 19.5. The summed E-state index contributed by atoms with van der Waals surface area (Å²) in [6.07, 6.45) is 3.08. The van der Waals surface area contributed by atoms with Gasteiger partial charge in [-0.05, 0) is 54.3 Å². The molecule has 3 aliphatic rings. The topological polar surface area (TPSA) is 49.4 Å². The first-order chi connectivity index (χ1) is 15.7. The Labute approximate surface area is 191 Å². The Morgan fingerprint density at radius 1 is 0.938 bits per heavy atom. The zero-order chi connectivity index (χ0) is 21.7. The van der Waals surface area contributed by atoms with Crippen molar-refractivity contribution in [3.63, 3.8) is 0 Å². The summed E-state index contributed by atoms with van der Waals surface area (Å²) in [5.74, 6) is 0.456. The average Bonchev–Trinajstić information content (AvgIpc) is 3.56. The molecule has 6 rings (SSSR count). The van der Waals surface area contributed by atoms with Crippen LogP contribution in [0.5, 0.6) is 0 Å². The molecule has 5 heteroatoms. The van der Waals surface area contributed by atoms with Gasteiger partial charge in [0.2, 0.25) is 5.91 Å². The summed E-state index contributed by atoms with van der Waals surface area (Å²) in [6.45, 7) is 0. The summed E-state index contributed by atoms with van der Waals surface area (Å²) in [5.41, 5.74) is 4.65. The van der Waals surface area contributed by atoms with Gasteiger partial charge >= 0.3 is 0 Å². The third kappa shape index (κ3) is 3.28. The second kappa shape index (κ2) is 7.75. The van der Waals surface area contributed by atoms with Gasteiger partial charge in [-0.2, -0.15) is 0 Å². The van der Waals surface area contributed by atoms with E-state index in [-0.39, 0.29) is 29.6 Å². The number of nitrogens with zero attached hydrogens (tertiary/aromatic N) is 1. The number of thiophene rings is 1. The minimum Gasteiger partial charge on any atom is -0.357 e. The third-order valence-corrected chi connectivity index (χ3v) is 7.66. The molecule has 4 nitrogen and oxygen atoms in total. The summed E-state index contributed by atoms with van der Waals surface area (Å²) >= 11 is 1.61. The Bertz CT molecular complexity index is 1210. The van der Waals surface area contributed by atoms with E-state index in [2.05, 4.69) is 23.5 Å². The second-order valence-corrected chi connectivity index (χ2v) is 9.85. The maximum Gasteiger partial charge on any atom is 0.231 e. The van der Waals surface area contributed by atoms with Gasteiger partial charge < -0.3 is 5.32 Å². The summed E-state index contributed by atoms with van der Waals surface area (Å²) in [6, 6.07) is 21.9. The Morgan fingerprint density at radius 3 is 2.47 bits per heavy atom. The molecule has 1 amide bonds. The average molecular weight is 441 g/mol. The fraction of sp³-hybridized carbons (Fsp3) is 0.259. The van der Waals surface area contributed by atoms with Gasteiger partial charge in [0.1, 0.15) is 6.04 Å². The number of nitrogens with one attached hydrogen (secondary N) is 1. The lowest BCUT2D eigenvalue weighted by Gasteiger charge is -2.34. The van der Waals surface area contributed by atoms with Crippen molar-refractivity contribution in [3.8, 4) is 0 Å². The van der Waals surface area contributed by atoms with Crippen molar-refractivity contribution >= 4 is 34.4 Å². The number of Topliss-reactive ketones (excluding diaryl/α,β-unsaturated/α-hetero) is 1. The molecule has 0 bridgehead atoms. The number of hydrogen-bond donors (Lipinski definition) is 1. The molecule has 1 N–H and O–H groups in total. The standard InChI is InChI=1S/C27H24N2O2S/c30-23-16-19(17-7-2-1-3-8-17)15-21-25(23)26(24-11-6-14-32-24)29(27(31)18-12-13-18)22-10-5-4-9-20(22)28-21/h1-11,14,18-19,26,28H,12-13,15-16H2/t19-,26+/m1/s1. The summed E-state index contributed by atoms with van der Waals surface area (Å²) in [7, 11) is 0. The molecule has 3 aromatic rings. The smallest absolute Gasteiger partial charge is 0.231 e. The van der Waals surface area contributed by atoms with Crippen molar-refractivity contribution in [1.29, 1.82) is 0 Å². The van der Waals surface area contributed by atoms with Crippen molar-refractivity contribution in [2.24, 2.45) is 5.92 Å². The molecule has 32 heavy (non-hydrogen) atoms. The van der Waals surface area contributed by atoms with Crippen molar-refractivity contribution in [2.75, 3.05) is 10.2 Å². The minimum atomic E-state index is -0.376. The van der Waals surface area contributed by atoms with Gasteiger partial charge in [-0.1, -0.05) is 48.5 Å². The van der Waals surface area contributed by atoms with E-state index < -0.39 is 0 Å². The Balaban J connectivity index is 1.53. The molecule has 160 valence electrons. The third-order valence-electron chi connectivity index (χ3n) is 6.74. The largest absolute Gasteiger partial charge is 0.357 e. The maximum absolute atomic E-state index is 13.7. The number of amides is 1. The molecule has 2 aromatic carbocycles. The Morgan fingerprint density at radius 2 is 1.72 bits per heavy atom. The molecule has 1 aliphatic heterocycles. The van der Waals surface area contributed by atoms with Crippen LogP contribution in [0.3, 0.4) is 0 Å². The highest BCUT2D eigenvalue weighted by atomic mass is 32.1. The van der Waals surface area contributed by atoms with Crippen LogP contribution in [-0.2, 0) is 9.59 Å². The Kier molecular flexibility index (Phi) is 4.72. The first-order valence-corrected chi connectivity index (χ1v) is 12.1. The van der Waals surface area contributed by atoms with Crippen LogP contribution in [0.2, 0.25) is 0 Å². The maximum atomic E-state index is 13.7. The number of anilines is 2. The van der Waals surface area contributed by atoms with E-state index in [1.807, 2.05) is 58.8 Å².